The van der Waals surface area contributed by atoms with Gasteiger partial charge in [-0.3, -0.25) is 0 Å². The third-order valence-electron chi connectivity index (χ3n) is 20.3. The van der Waals surface area contributed by atoms with Crippen molar-refractivity contribution >= 4 is 43.6 Å². The molecule has 20 aromatic rings. The van der Waals surface area contributed by atoms with E-state index in [1.807, 2.05) is 303 Å². The predicted molar refractivity (Wildman–Crippen MR) is 449 cm³/mol. The lowest BCUT2D eigenvalue weighted by atomic mass is 9.96. The summed E-state index contributed by atoms with van der Waals surface area (Å²) in [5.74, 6) is 6.01. The topological polar surface area (TPSA) is 212 Å². The van der Waals surface area contributed by atoms with Gasteiger partial charge in [-0.05, 0) is 103 Å². The Kier molecular flexibility index (Phi) is 16.9. The van der Waals surface area contributed by atoms with Crippen LogP contribution in [0.25, 0.3) is 203 Å². The molecule has 114 heavy (non-hydrogen) atoms. The Labute approximate surface area is 653 Å². The molecule has 20 rings (SSSR count). The van der Waals surface area contributed by atoms with E-state index in [0.717, 1.165) is 116 Å². The highest BCUT2D eigenvalue weighted by molar-refractivity contribution is 6.14. The molecule has 0 amide bonds. The van der Waals surface area contributed by atoms with Gasteiger partial charge in [0.25, 0.3) is 0 Å². The van der Waals surface area contributed by atoms with Crippen molar-refractivity contribution in [3.63, 3.8) is 0 Å². The standard InChI is InChI=1S/C98H58N16/c99-59-61-26-25-43-71(52-61)86-84(113-80-48-44-72(95-105-87(63-27-9-1-10-28-63)101-88(106-95)64-29-11-2-12-30-64)55-76(80)77-56-73(45-49-81(77)113)96-107-89(65-31-13-3-14-32-65)102-90(108-96)66-33-15-4-16-34-66)53-62(60-100)54-85(86)114-82-50-46-74(97-109-91(67-35-17-5-18-36-67)103-92(110-97)68-37-19-6-20-38-68)57-78(82)79-58-75(47-51-83(79)114)98-111-93(69-39-21-7-22-40-69)104-94(112-98)70-41-23-8-24-42-70/h1-58H. The zero-order valence-corrected chi connectivity index (χ0v) is 60.6. The number of hydrogen-bond donors (Lipinski definition) is 0. The molecule has 0 N–H and O–H groups in total. The molecule has 14 aromatic carbocycles. The summed E-state index contributed by atoms with van der Waals surface area (Å²) >= 11 is 0. The number of fused-ring (bicyclic) bond motifs is 6. The van der Waals surface area contributed by atoms with Crippen LogP contribution < -0.4 is 0 Å². The summed E-state index contributed by atoms with van der Waals surface area (Å²) in [7, 11) is 0. The normalized spacial score (nSPS) is 11.3. The number of benzene rings is 14. The average molecular weight is 1460 g/mol. The smallest absolute Gasteiger partial charge is 0.164 e. The second-order valence-electron chi connectivity index (χ2n) is 27.4. The molecule has 0 radical (unpaired) electrons. The molecule has 0 bridgehead atoms. The van der Waals surface area contributed by atoms with Crippen LogP contribution in [0.5, 0.6) is 0 Å². The Balaban J connectivity index is 0.863. The van der Waals surface area contributed by atoms with Crippen LogP contribution in [0.3, 0.4) is 0 Å². The van der Waals surface area contributed by atoms with E-state index in [-0.39, 0.29) is 0 Å². The molecule has 16 heteroatoms. The lowest BCUT2D eigenvalue weighted by Crippen LogP contribution is -2.05. The van der Waals surface area contributed by atoms with E-state index in [4.69, 9.17) is 59.8 Å². The molecule has 6 heterocycles. The lowest BCUT2D eigenvalue weighted by molar-refractivity contribution is 1.07. The molecule has 530 valence electrons. The van der Waals surface area contributed by atoms with E-state index in [1.165, 1.54) is 0 Å². The molecule has 0 fully saturated rings. The van der Waals surface area contributed by atoms with Gasteiger partial charge in [0.2, 0.25) is 0 Å². The Morgan fingerprint density at radius 3 is 0.588 bits per heavy atom. The van der Waals surface area contributed by atoms with Crippen LogP contribution in [-0.2, 0) is 0 Å². The van der Waals surface area contributed by atoms with Crippen LogP contribution in [0, 0.1) is 22.7 Å². The Morgan fingerprint density at radius 2 is 0.377 bits per heavy atom. The summed E-state index contributed by atoms with van der Waals surface area (Å²) in [6, 6.07) is 121. The van der Waals surface area contributed by atoms with Crippen molar-refractivity contribution in [2.24, 2.45) is 0 Å². The van der Waals surface area contributed by atoms with Gasteiger partial charge in [-0.1, -0.05) is 255 Å². The average Bonchev–Trinajstić information content (AvgIpc) is 1.56. The van der Waals surface area contributed by atoms with Crippen LogP contribution >= 0.6 is 0 Å². The molecule has 0 aliphatic carbocycles. The van der Waals surface area contributed by atoms with E-state index in [2.05, 4.69) is 69.8 Å². The fourth-order valence-corrected chi connectivity index (χ4v) is 14.9. The molecule has 0 spiro atoms. The second kappa shape index (κ2) is 28.7. The van der Waals surface area contributed by atoms with Gasteiger partial charge < -0.3 is 9.13 Å². The SMILES string of the molecule is N#Cc1cccc(-c2c(-n3c4ccc(-c5nc(-c6ccccc6)nc(-c6ccccc6)n5)cc4c4cc(-c5nc(-c6ccccc6)nc(-c6ccccc6)n5)ccc43)cc(C#N)cc2-n2c3ccc(-c4nc(-c5ccccc5)nc(-c5ccccc5)n4)cc3c3cc(-c4nc(-c5ccccc5)nc(-c5ccccc5)n4)ccc32)c1. The van der Waals surface area contributed by atoms with E-state index >= 15 is 0 Å². The highest BCUT2D eigenvalue weighted by Crippen LogP contribution is 2.46. The Bertz CT molecular complexity index is 6220. The maximum atomic E-state index is 11.8. The van der Waals surface area contributed by atoms with Crippen molar-refractivity contribution in [1.29, 1.82) is 10.5 Å². The van der Waals surface area contributed by atoms with Gasteiger partial charge in [-0.25, -0.2) is 59.8 Å². The zero-order valence-electron chi connectivity index (χ0n) is 60.6. The third-order valence-corrected chi connectivity index (χ3v) is 20.3. The maximum Gasteiger partial charge on any atom is 0.164 e. The molecule has 0 atom stereocenters. The quantitative estimate of drug-likeness (QED) is 0.0934. The first-order valence-corrected chi connectivity index (χ1v) is 37.1. The number of rotatable bonds is 15. The van der Waals surface area contributed by atoms with Crippen LogP contribution in [0.15, 0.2) is 352 Å². The van der Waals surface area contributed by atoms with Gasteiger partial charge in [0.15, 0.2) is 69.9 Å². The van der Waals surface area contributed by atoms with E-state index in [9.17, 15) is 10.5 Å². The van der Waals surface area contributed by atoms with E-state index in [0.29, 0.717) is 98.0 Å². The van der Waals surface area contributed by atoms with Gasteiger partial charge in [0, 0.05) is 93.9 Å². The molecular weight excluding hydrogens is 1400 g/mol. The Morgan fingerprint density at radius 1 is 0.175 bits per heavy atom. The van der Waals surface area contributed by atoms with E-state index < -0.39 is 0 Å². The molecule has 0 unspecified atom stereocenters. The highest BCUT2D eigenvalue weighted by Gasteiger charge is 2.28. The molecular formula is C98H58N16. The number of nitrogens with zero attached hydrogens (tertiary/aromatic N) is 16. The minimum atomic E-state index is 0.366. The monoisotopic (exact) mass is 1460 g/mol. The van der Waals surface area contributed by atoms with Crippen LogP contribution in [-0.4, -0.2) is 68.9 Å². The lowest BCUT2D eigenvalue weighted by Gasteiger charge is -2.21. The fourth-order valence-electron chi connectivity index (χ4n) is 14.9. The van der Waals surface area contributed by atoms with Crippen molar-refractivity contribution in [3.8, 4) is 171 Å². The molecule has 0 aliphatic rings. The van der Waals surface area contributed by atoms with Crippen molar-refractivity contribution in [1.82, 2.24) is 68.9 Å². The van der Waals surface area contributed by atoms with Crippen LogP contribution in [0.2, 0.25) is 0 Å². The summed E-state index contributed by atoms with van der Waals surface area (Å²) in [5, 5.41) is 26.0. The van der Waals surface area contributed by atoms with Crippen LogP contribution in [0.4, 0.5) is 0 Å². The molecule has 0 saturated heterocycles. The van der Waals surface area contributed by atoms with Gasteiger partial charge in [0.05, 0.1) is 56.7 Å². The van der Waals surface area contributed by atoms with Crippen molar-refractivity contribution in [3.05, 3.63) is 363 Å². The maximum absolute atomic E-state index is 11.8. The van der Waals surface area contributed by atoms with Gasteiger partial charge in [0.1, 0.15) is 0 Å². The van der Waals surface area contributed by atoms with Crippen molar-refractivity contribution < 1.29 is 0 Å². The molecule has 6 aromatic heterocycles. The highest BCUT2D eigenvalue weighted by atomic mass is 15.1. The summed E-state index contributed by atoms with van der Waals surface area (Å²) in [4.78, 5) is 62.3. The van der Waals surface area contributed by atoms with Gasteiger partial charge in [-0.2, -0.15) is 10.5 Å². The van der Waals surface area contributed by atoms with Crippen LogP contribution in [0.1, 0.15) is 11.1 Å². The van der Waals surface area contributed by atoms with E-state index in [1.54, 1.807) is 0 Å². The van der Waals surface area contributed by atoms with Gasteiger partial charge in [-0.15, -0.1) is 0 Å². The van der Waals surface area contributed by atoms with Crippen molar-refractivity contribution in [2.75, 3.05) is 0 Å². The first-order chi connectivity index (χ1) is 56.4. The summed E-state index contributed by atoms with van der Waals surface area (Å²) in [6.45, 7) is 0. The fraction of sp³-hybridized carbons (Fsp3) is 0. The van der Waals surface area contributed by atoms with Gasteiger partial charge >= 0.3 is 0 Å². The number of nitriles is 2. The molecule has 0 saturated carbocycles. The zero-order chi connectivity index (χ0) is 76.0. The number of aromatic nitrogens is 14. The minimum Gasteiger partial charge on any atom is -0.308 e. The first-order valence-electron chi connectivity index (χ1n) is 37.1. The largest absolute Gasteiger partial charge is 0.308 e. The second-order valence-corrected chi connectivity index (χ2v) is 27.4. The first kappa shape index (κ1) is 67.1. The summed E-state index contributed by atoms with van der Waals surface area (Å²) < 4.78 is 4.45. The summed E-state index contributed by atoms with van der Waals surface area (Å²) in [5.41, 5.74) is 16.3. The number of hydrogen-bond acceptors (Lipinski definition) is 14. The molecule has 16 nitrogen and oxygen atoms in total. The summed E-state index contributed by atoms with van der Waals surface area (Å²) in [6.07, 6.45) is 0. The minimum absolute atomic E-state index is 0.366. The molecule has 0 aliphatic heterocycles. The third kappa shape index (κ3) is 12.5. The van der Waals surface area contributed by atoms with Crippen molar-refractivity contribution in [2.45, 2.75) is 0 Å². The Hall–Kier alpha value is -16.3. The predicted octanol–water partition coefficient (Wildman–Crippen LogP) is 22.0.